The molecule has 0 radical (unpaired) electrons. The number of rotatable bonds is 6. The Morgan fingerprint density at radius 2 is 1.92 bits per heavy atom. The van der Waals surface area contributed by atoms with Crippen LogP contribution in [0.3, 0.4) is 0 Å². The highest BCUT2D eigenvalue weighted by atomic mass is 79.9. The summed E-state index contributed by atoms with van der Waals surface area (Å²) in [6.07, 6.45) is 2.43. The van der Waals surface area contributed by atoms with Gasteiger partial charge in [0, 0.05) is 16.6 Å². The zero-order valence-corrected chi connectivity index (χ0v) is 16.0. The van der Waals surface area contributed by atoms with Crippen molar-refractivity contribution in [3.8, 4) is 5.75 Å². The van der Waals surface area contributed by atoms with Gasteiger partial charge in [0.1, 0.15) is 5.75 Å². The molecule has 0 unspecified atom stereocenters. The van der Waals surface area contributed by atoms with Crippen molar-refractivity contribution in [1.82, 2.24) is 10.2 Å². The molecule has 132 valence electrons. The normalized spacial score (nSPS) is 15.8. The largest absolute Gasteiger partial charge is 0.497 e. The van der Waals surface area contributed by atoms with Crippen molar-refractivity contribution in [2.24, 2.45) is 0 Å². The zero-order valence-electron chi connectivity index (χ0n) is 14.4. The van der Waals surface area contributed by atoms with Crippen LogP contribution in [0.25, 0.3) is 0 Å². The van der Waals surface area contributed by atoms with Crippen molar-refractivity contribution in [2.45, 2.75) is 18.9 Å². The van der Waals surface area contributed by atoms with E-state index >= 15 is 0 Å². The van der Waals surface area contributed by atoms with Gasteiger partial charge in [0.05, 0.1) is 13.2 Å². The lowest BCUT2D eigenvalue weighted by Crippen LogP contribution is -2.36. The smallest absolute Gasteiger partial charge is 0.251 e. The van der Waals surface area contributed by atoms with E-state index in [4.69, 9.17) is 4.74 Å². The van der Waals surface area contributed by atoms with E-state index in [9.17, 15) is 4.79 Å². The van der Waals surface area contributed by atoms with Gasteiger partial charge in [0.25, 0.3) is 5.91 Å². The van der Waals surface area contributed by atoms with Crippen LogP contribution in [-0.2, 0) is 0 Å². The molecule has 0 saturated carbocycles. The fourth-order valence-corrected chi connectivity index (χ4v) is 3.66. The number of amides is 1. The highest BCUT2D eigenvalue weighted by Crippen LogP contribution is 2.26. The maximum atomic E-state index is 12.5. The van der Waals surface area contributed by atoms with Gasteiger partial charge in [-0.3, -0.25) is 9.69 Å². The van der Waals surface area contributed by atoms with E-state index in [1.807, 2.05) is 36.4 Å². The van der Waals surface area contributed by atoms with Gasteiger partial charge < -0.3 is 10.1 Å². The topological polar surface area (TPSA) is 41.6 Å². The number of carbonyl (C=O) groups excluding carboxylic acids is 1. The van der Waals surface area contributed by atoms with Gasteiger partial charge in [0.2, 0.25) is 0 Å². The molecule has 1 fully saturated rings. The lowest BCUT2D eigenvalue weighted by molar-refractivity contribution is 0.0938. The summed E-state index contributed by atoms with van der Waals surface area (Å²) in [5, 5.41) is 3.10. The Balaban J connectivity index is 1.72. The third-order valence-corrected chi connectivity index (χ3v) is 5.12. The van der Waals surface area contributed by atoms with Crippen molar-refractivity contribution in [2.75, 3.05) is 26.7 Å². The Morgan fingerprint density at radius 1 is 1.20 bits per heavy atom. The number of carbonyl (C=O) groups is 1. The molecule has 0 aliphatic carbocycles. The first kappa shape index (κ1) is 18.0. The summed E-state index contributed by atoms with van der Waals surface area (Å²) in [5.74, 6) is 0.807. The SMILES string of the molecule is COc1ccc([C@@H](CNC(=O)c2cccc(Br)c2)N2CCCC2)cc1. The number of nitrogens with one attached hydrogen (secondary N) is 1. The summed E-state index contributed by atoms with van der Waals surface area (Å²) in [7, 11) is 1.67. The standard InChI is InChI=1S/C20H23BrN2O2/c1-25-18-9-7-15(8-10-18)19(23-11-2-3-12-23)14-22-20(24)16-5-4-6-17(21)13-16/h4-10,13,19H,2-3,11-12,14H2,1H3,(H,22,24)/t19-/m1/s1. The maximum Gasteiger partial charge on any atom is 0.251 e. The van der Waals surface area contributed by atoms with E-state index in [1.165, 1.54) is 18.4 Å². The van der Waals surface area contributed by atoms with Gasteiger partial charge in [-0.1, -0.05) is 34.1 Å². The molecule has 3 rings (SSSR count). The van der Waals surface area contributed by atoms with Crippen molar-refractivity contribution in [3.05, 3.63) is 64.1 Å². The van der Waals surface area contributed by atoms with Crippen molar-refractivity contribution in [1.29, 1.82) is 0 Å². The van der Waals surface area contributed by atoms with Gasteiger partial charge in [-0.2, -0.15) is 0 Å². The molecule has 2 aromatic carbocycles. The number of nitrogens with zero attached hydrogens (tertiary/aromatic N) is 1. The van der Waals surface area contributed by atoms with E-state index in [2.05, 4.69) is 38.3 Å². The molecule has 1 atom stereocenters. The Labute approximate surface area is 157 Å². The quantitative estimate of drug-likeness (QED) is 0.792. The number of hydrogen-bond acceptors (Lipinski definition) is 3. The van der Waals surface area contributed by atoms with Crippen LogP contribution in [0.15, 0.2) is 53.0 Å². The molecule has 1 saturated heterocycles. The predicted octanol–water partition coefficient (Wildman–Crippen LogP) is 4.02. The molecule has 5 heteroatoms. The minimum Gasteiger partial charge on any atom is -0.497 e. The number of hydrogen-bond donors (Lipinski definition) is 1. The molecule has 1 heterocycles. The monoisotopic (exact) mass is 402 g/mol. The highest BCUT2D eigenvalue weighted by molar-refractivity contribution is 9.10. The molecule has 1 N–H and O–H groups in total. The second-order valence-electron chi connectivity index (χ2n) is 6.25. The molecule has 4 nitrogen and oxygen atoms in total. The van der Waals surface area contributed by atoms with Crippen molar-refractivity contribution < 1.29 is 9.53 Å². The first-order chi connectivity index (χ1) is 12.2. The Bertz CT molecular complexity index is 712. The summed E-state index contributed by atoms with van der Waals surface area (Å²) >= 11 is 3.41. The van der Waals surface area contributed by atoms with E-state index < -0.39 is 0 Å². The first-order valence-electron chi connectivity index (χ1n) is 8.59. The summed E-state index contributed by atoms with van der Waals surface area (Å²) < 4.78 is 6.16. The van der Waals surface area contributed by atoms with Gasteiger partial charge in [-0.25, -0.2) is 0 Å². The van der Waals surface area contributed by atoms with Crippen LogP contribution < -0.4 is 10.1 Å². The van der Waals surface area contributed by atoms with Gasteiger partial charge >= 0.3 is 0 Å². The van der Waals surface area contributed by atoms with E-state index in [0.29, 0.717) is 12.1 Å². The van der Waals surface area contributed by atoms with Crippen LogP contribution in [0.5, 0.6) is 5.75 Å². The van der Waals surface area contributed by atoms with Crippen LogP contribution in [0.4, 0.5) is 0 Å². The summed E-state index contributed by atoms with van der Waals surface area (Å²) in [6.45, 7) is 2.74. The fourth-order valence-electron chi connectivity index (χ4n) is 3.26. The third-order valence-electron chi connectivity index (χ3n) is 4.62. The Hall–Kier alpha value is -1.85. The fraction of sp³-hybridized carbons (Fsp3) is 0.350. The molecule has 2 aromatic rings. The summed E-state index contributed by atoms with van der Waals surface area (Å²) in [5.41, 5.74) is 1.88. The predicted molar refractivity (Wildman–Crippen MR) is 103 cm³/mol. The number of benzene rings is 2. The van der Waals surface area contributed by atoms with Crippen LogP contribution >= 0.6 is 15.9 Å². The van der Waals surface area contributed by atoms with E-state index in [0.717, 1.165) is 23.3 Å². The van der Waals surface area contributed by atoms with Gasteiger partial charge in [-0.05, 0) is 61.8 Å². The highest BCUT2D eigenvalue weighted by Gasteiger charge is 2.24. The van der Waals surface area contributed by atoms with Crippen LogP contribution in [0.1, 0.15) is 34.8 Å². The molecule has 25 heavy (non-hydrogen) atoms. The molecule has 0 bridgehead atoms. The molecule has 0 spiro atoms. The van der Waals surface area contributed by atoms with Crippen molar-refractivity contribution >= 4 is 21.8 Å². The van der Waals surface area contributed by atoms with Crippen LogP contribution in [0, 0.1) is 0 Å². The molecule has 1 amide bonds. The Kier molecular flexibility index (Phi) is 6.10. The third kappa shape index (κ3) is 4.61. The molecule has 0 aromatic heterocycles. The second kappa shape index (κ2) is 8.50. The van der Waals surface area contributed by atoms with Crippen LogP contribution in [-0.4, -0.2) is 37.6 Å². The van der Waals surface area contributed by atoms with Gasteiger partial charge in [-0.15, -0.1) is 0 Å². The minimum absolute atomic E-state index is 0.0426. The van der Waals surface area contributed by atoms with Crippen LogP contribution in [0.2, 0.25) is 0 Å². The lowest BCUT2D eigenvalue weighted by Gasteiger charge is -2.28. The maximum absolute atomic E-state index is 12.5. The van der Waals surface area contributed by atoms with Gasteiger partial charge in [0.15, 0.2) is 0 Å². The molecular formula is C20H23BrN2O2. The average molecular weight is 403 g/mol. The zero-order chi connectivity index (χ0) is 17.6. The number of halogens is 1. The lowest BCUT2D eigenvalue weighted by atomic mass is 10.0. The Morgan fingerprint density at radius 3 is 2.56 bits per heavy atom. The number of methoxy groups -OCH3 is 1. The second-order valence-corrected chi connectivity index (χ2v) is 7.17. The molecule has 1 aliphatic rings. The van der Waals surface area contributed by atoms with E-state index in [1.54, 1.807) is 7.11 Å². The minimum atomic E-state index is -0.0426. The summed E-state index contributed by atoms with van der Waals surface area (Å²) in [4.78, 5) is 14.9. The molecule has 1 aliphatic heterocycles. The number of ether oxygens (including phenoxy) is 1. The summed E-state index contributed by atoms with van der Waals surface area (Å²) in [6, 6.07) is 15.8. The first-order valence-corrected chi connectivity index (χ1v) is 9.38. The molecular weight excluding hydrogens is 380 g/mol. The van der Waals surface area contributed by atoms with Crippen molar-refractivity contribution in [3.63, 3.8) is 0 Å². The van der Waals surface area contributed by atoms with E-state index in [-0.39, 0.29) is 11.9 Å². The average Bonchev–Trinajstić information content (AvgIpc) is 3.16. The number of likely N-dealkylation sites (tertiary alicyclic amines) is 1.